The van der Waals surface area contributed by atoms with Gasteiger partial charge in [0.1, 0.15) is 0 Å². The van der Waals surface area contributed by atoms with Crippen LogP contribution in [0.25, 0.3) is 10.9 Å². The van der Waals surface area contributed by atoms with E-state index in [0.717, 1.165) is 36.0 Å². The van der Waals surface area contributed by atoms with E-state index in [2.05, 4.69) is 15.6 Å². The maximum Gasteiger partial charge on any atom is 0.252 e. The number of benzene rings is 1. The molecule has 0 saturated carbocycles. The van der Waals surface area contributed by atoms with Gasteiger partial charge in [-0.25, -0.2) is 0 Å². The van der Waals surface area contributed by atoms with Gasteiger partial charge in [0, 0.05) is 35.2 Å². The average molecular weight is 229 g/mol. The largest absolute Gasteiger partial charge is 0.361 e. The first-order valence-electron chi connectivity index (χ1n) is 5.92. The molecule has 2 aromatic rings. The van der Waals surface area contributed by atoms with Gasteiger partial charge in [0.05, 0.1) is 0 Å². The molecule has 1 atom stereocenters. The summed E-state index contributed by atoms with van der Waals surface area (Å²) >= 11 is 0. The van der Waals surface area contributed by atoms with Crippen molar-refractivity contribution in [2.45, 2.75) is 12.5 Å². The third kappa shape index (κ3) is 1.91. The number of carbonyl (C=O) groups is 1. The molecule has 17 heavy (non-hydrogen) atoms. The van der Waals surface area contributed by atoms with Crippen LogP contribution in [0.3, 0.4) is 0 Å². The Labute approximate surface area is 99.4 Å². The molecule has 0 aliphatic carbocycles. The van der Waals surface area contributed by atoms with Crippen molar-refractivity contribution in [3.05, 3.63) is 36.0 Å². The molecular formula is C13H15N3O. The fraction of sp³-hybridized carbons (Fsp3) is 0.308. The van der Waals surface area contributed by atoms with Crippen molar-refractivity contribution in [3.8, 4) is 0 Å². The van der Waals surface area contributed by atoms with Crippen molar-refractivity contribution in [1.29, 1.82) is 0 Å². The lowest BCUT2D eigenvalue weighted by molar-refractivity contribution is 0.0942. The molecule has 1 aliphatic rings. The molecule has 1 amide bonds. The average Bonchev–Trinajstić information content (AvgIpc) is 2.97. The van der Waals surface area contributed by atoms with E-state index in [1.54, 1.807) is 0 Å². The number of hydrogen-bond acceptors (Lipinski definition) is 2. The van der Waals surface area contributed by atoms with Crippen LogP contribution in [0.5, 0.6) is 0 Å². The monoisotopic (exact) mass is 229 g/mol. The first kappa shape index (κ1) is 10.4. The molecule has 1 fully saturated rings. The highest BCUT2D eigenvalue weighted by atomic mass is 16.1. The fourth-order valence-electron chi connectivity index (χ4n) is 2.32. The van der Waals surface area contributed by atoms with E-state index in [4.69, 9.17) is 0 Å². The lowest BCUT2D eigenvalue weighted by atomic mass is 10.1. The Morgan fingerprint density at radius 3 is 3.12 bits per heavy atom. The molecule has 88 valence electrons. The van der Waals surface area contributed by atoms with E-state index < -0.39 is 0 Å². The van der Waals surface area contributed by atoms with Gasteiger partial charge in [-0.3, -0.25) is 4.79 Å². The number of amides is 1. The molecule has 0 bridgehead atoms. The van der Waals surface area contributed by atoms with Crippen LogP contribution in [-0.2, 0) is 0 Å². The zero-order valence-corrected chi connectivity index (χ0v) is 9.49. The van der Waals surface area contributed by atoms with Crippen LogP contribution in [0, 0.1) is 0 Å². The maximum absolute atomic E-state index is 12.2. The molecule has 2 heterocycles. The van der Waals surface area contributed by atoms with Crippen molar-refractivity contribution in [3.63, 3.8) is 0 Å². The van der Waals surface area contributed by atoms with Crippen LogP contribution in [0.4, 0.5) is 0 Å². The second-order valence-corrected chi connectivity index (χ2v) is 4.41. The summed E-state index contributed by atoms with van der Waals surface area (Å²) in [4.78, 5) is 15.3. The van der Waals surface area contributed by atoms with Crippen molar-refractivity contribution in [1.82, 2.24) is 15.6 Å². The topological polar surface area (TPSA) is 56.9 Å². The Balaban J connectivity index is 1.87. The molecule has 4 nitrogen and oxygen atoms in total. The molecule has 0 spiro atoms. The Kier molecular flexibility index (Phi) is 2.57. The van der Waals surface area contributed by atoms with Crippen molar-refractivity contribution in [2.75, 3.05) is 13.1 Å². The number of aromatic amines is 1. The second-order valence-electron chi connectivity index (χ2n) is 4.41. The summed E-state index contributed by atoms with van der Waals surface area (Å²) in [5.41, 5.74) is 1.75. The van der Waals surface area contributed by atoms with Crippen LogP contribution >= 0.6 is 0 Å². The lowest BCUT2D eigenvalue weighted by Crippen LogP contribution is -2.36. The zero-order valence-electron chi connectivity index (χ0n) is 9.49. The highest BCUT2D eigenvalue weighted by Crippen LogP contribution is 2.17. The minimum absolute atomic E-state index is 0.0175. The maximum atomic E-state index is 12.2. The molecule has 1 aromatic carbocycles. The minimum Gasteiger partial charge on any atom is -0.361 e. The van der Waals surface area contributed by atoms with E-state index in [1.165, 1.54) is 0 Å². The van der Waals surface area contributed by atoms with Crippen molar-refractivity contribution < 1.29 is 4.79 Å². The van der Waals surface area contributed by atoms with E-state index in [9.17, 15) is 4.79 Å². The Bertz CT molecular complexity index is 540. The van der Waals surface area contributed by atoms with E-state index in [-0.39, 0.29) is 11.9 Å². The third-order valence-electron chi connectivity index (χ3n) is 3.24. The first-order chi connectivity index (χ1) is 8.34. The number of aromatic nitrogens is 1. The Hall–Kier alpha value is -1.81. The first-order valence-corrected chi connectivity index (χ1v) is 5.92. The van der Waals surface area contributed by atoms with Gasteiger partial charge < -0.3 is 15.6 Å². The SMILES string of the molecule is O=C(N[C@H]1CCNC1)c1cccc2[nH]ccc12. The molecule has 3 rings (SSSR count). The van der Waals surface area contributed by atoms with Gasteiger partial charge in [0.15, 0.2) is 0 Å². The second kappa shape index (κ2) is 4.22. The van der Waals surface area contributed by atoms with Gasteiger partial charge in [-0.2, -0.15) is 0 Å². The number of fused-ring (bicyclic) bond motifs is 1. The van der Waals surface area contributed by atoms with Gasteiger partial charge in [0.25, 0.3) is 5.91 Å². The molecule has 0 radical (unpaired) electrons. The minimum atomic E-state index is 0.0175. The summed E-state index contributed by atoms with van der Waals surface area (Å²) in [6, 6.07) is 7.95. The normalized spacial score (nSPS) is 19.6. The molecule has 1 aliphatic heterocycles. The predicted octanol–water partition coefficient (Wildman–Crippen LogP) is 1.26. The number of nitrogens with one attached hydrogen (secondary N) is 3. The number of hydrogen-bond donors (Lipinski definition) is 3. The van der Waals surface area contributed by atoms with E-state index >= 15 is 0 Å². The summed E-state index contributed by atoms with van der Waals surface area (Å²) in [5.74, 6) is 0.0175. The third-order valence-corrected chi connectivity index (χ3v) is 3.24. The summed E-state index contributed by atoms with van der Waals surface area (Å²) in [6.45, 7) is 1.86. The Morgan fingerprint density at radius 1 is 1.35 bits per heavy atom. The van der Waals surface area contributed by atoms with Crippen LogP contribution < -0.4 is 10.6 Å². The van der Waals surface area contributed by atoms with Gasteiger partial charge in [-0.05, 0) is 31.2 Å². The molecule has 1 aromatic heterocycles. The number of carbonyl (C=O) groups excluding carboxylic acids is 1. The summed E-state index contributed by atoms with van der Waals surface area (Å²) in [5, 5.41) is 7.28. The standard InChI is InChI=1S/C13H15N3O/c17-13(16-9-4-6-14-8-9)11-2-1-3-12-10(11)5-7-15-12/h1-3,5,7,9,14-15H,4,6,8H2,(H,16,17)/t9-/m0/s1. The number of H-pyrrole nitrogens is 1. The molecule has 1 saturated heterocycles. The molecule has 3 N–H and O–H groups in total. The van der Waals surface area contributed by atoms with Gasteiger partial charge in [0.2, 0.25) is 0 Å². The van der Waals surface area contributed by atoms with Gasteiger partial charge >= 0.3 is 0 Å². The van der Waals surface area contributed by atoms with Crippen molar-refractivity contribution >= 4 is 16.8 Å². The number of rotatable bonds is 2. The molecular weight excluding hydrogens is 214 g/mol. The van der Waals surface area contributed by atoms with Gasteiger partial charge in [-0.1, -0.05) is 6.07 Å². The highest BCUT2D eigenvalue weighted by Gasteiger charge is 2.18. The van der Waals surface area contributed by atoms with Crippen LogP contribution in [0.2, 0.25) is 0 Å². The lowest BCUT2D eigenvalue weighted by Gasteiger charge is -2.11. The van der Waals surface area contributed by atoms with Crippen LogP contribution in [-0.4, -0.2) is 30.0 Å². The van der Waals surface area contributed by atoms with Gasteiger partial charge in [-0.15, -0.1) is 0 Å². The summed E-state index contributed by atoms with van der Waals surface area (Å²) < 4.78 is 0. The molecule has 4 heteroatoms. The van der Waals surface area contributed by atoms with E-state index in [0.29, 0.717) is 0 Å². The smallest absolute Gasteiger partial charge is 0.252 e. The fourth-order valence-corrected chi connectivity index (χ4v) is 2.32. The summed E-state index contributed by atoms with van der Waals surface area (Å²) in [7, 11) is 0. The highest BCUT2D eigenvalue weighted by molar-refractivity contribution is 6.06. The Morgan fingerprint density at radius 2 is 2.29 bits per heavy atom. The summed E-state index contributed by atoms with van der Waals surface area (Å²) in [6.07, 6.45) is 2.87. The van der Waals surface area contributed by atoms with E-state index in [1.807, 2.05) is 30.5 Å². The molecule has 0 unspecified atom stereocenters. The van der Waals surface area contributed by atoms with Crippen molar-refractivity contribution in [2.24, 2.45) is 0 Å². The van der Waals surface area contributed by atoms with Crippen LogP contribution in [0.15, 0.2) is 30.5 Å². The zero-order chi connectivity index (χ0) is 11.7. The predicted molar refractivity (Wildman–Crippen MR) is 67.0 cm³/mol. The van der Waals surface area contributed by atoms with Crippen LogP contribution in [0.1, 0.15) is 16.8 Å². The quantitative estimate of drug-likeness (QED) is 0.726.